The molecule has 1 unspecified atom stereocenters. The second-order valence-electron chi connectivity index (χ2n) is 5.82. The Hall–Kier alpha value is -1.06. The normalized spacial score (nSPS) is 19.9. The number of nitrogens with two attached hydrogens (primary N) is 1. The predicted octanol–water partition coefficient (Wildman–Crippen LogP) is 3.56. The maximum absolute atomic E-state index is 5.85. The summed E-state index contributed by atoms with van der Waals surface area (Å²) in [5.41, 5.74) is 4.52. The highest BCUT2D eigenvalue weighted by Gasteiger charge is 2.35. The lowest BCUT2D eigenvalue weighted by Crippen LogP contribution is -2.41. The Bertz CT molecular complexity index is 399. The Balaban J connectivity index is 2.22. The Morgan fingerprint density at radius 1 is 1.32 bits per heavy atom. The van der Waals surface area contributed by atoms with Crippen molar-refractivity contribution in [2.24, 2.45) is 11.3 Å². The number of hydrogen-bond acceptors (Lipinski definition) is 3. The number of hydrazine groups is 1. The summed E-state index contributed by atoms with van der Waals surface area (Å²) in [5.74, 6) is 6.78. The number of rotatable bonds is 5. The molecule has 3 N–H and O–H groups in total. The molecule has 3 nitrogen and oxygen atoms in total. The zero-order valence-corrected chi connectivity index (χ0v) is 12.1. The van der Waals surface area contributed by atoms with Gasteiger partial charge in [0.15, 0.2) is 0 Å². The van der Waals surface area contributed by atoms with Gasteiger partial charge in [0, 0.05) is 0 Å². The van der Waals surface area contributed by atoms with E-state index in [-0.39, 0.29) is 11.5 Å². The second-order valence-corrected chi connectivity index (χ2v) is 5.82. The first-order valence-electron chi connectivity index (χ1n) is 7.38. The molecule has 1 aliphatic rings. The average molecular weight is 262 g/mol. The smallest absolute Gasteiger partial charge is 0.119 e. The minimum Gasteiger partial charge on any atom is -0.494 e. The van der Waals surface area contributed by atoms with Crippen LogP contribution in [0, 0.1) is 5.41 Å². The first kappa shape index (κ1) is 14.4. The molecular formula is C16H26N2O. The number of benzene rings is 1. The third-order valence-corrected chi connectivity index (χ3v) is 4.36. The van der Waals surface area contributed by atoms with Gasteiger partial charge in [-0.25, -0.2) is 0 Å². The van der Waals surface area contributed by atoms with Crippen molar-refractivity contribution in [1.82, 2.24) is 5.43 Å². The average Bonchev–Trinajstić information content (AvgIpc) is 2.41. The van der Waals surface area contributed by atoms with Gasteiger partial charge in [0.2, 0.25) is 0 Å². The Labute approximate surface area is 116 Å². The summed E-state index contributed by atoms with van der Waals surface area (Å²) >= 11 is 0. The van der Waals surface area contributed by atoms with E-state index < -0.39 is 0 Å². The van der Waals surface area contributed by atoms with Crippen LogP contribution in [0.15, 0.2) is 24.3 Å². The molecule has 0 aromatic heterocycles. The van der Waals surface area contributed by atoms with Crippen LogP contribution in [0.3, 0.4) is 0 Å². The lowest BCUT2D eigenvalue weighted by Gasteiger charge is -2.40. The highest BCUT2D eigenvalue weighted by Crippen LogP contribution is 2.45. The fourth-order valence-corrected chi connectivity index (χ4v) is 3.30. The van der Waals surface area contributed by atoms with Crippen LogP contribution in [0.25, 0.3) is 0 Å². The fourth-order valence-electron chi connectivity index (χ4n) is 3.30. The van der Waals surface area contributed by atoms with Crippen LogP contribution < -0.4 is 16.0 Å². The van der Waals surface area contributed by atoms with Crippen molar-refractivity contribution in [3.8, 4) is 5.75 Å². The largest absolute Gasteiger partial charge is 0.494 e. The van der Waals surface area contributed by atoms with Crippen LogP contribution in [-0.4, -0.2) is 6.61 Å². The molecule has 0 aliphatic heterocycles. The zero-order valence-electron chi connectivity index (χ0n) is 12.1. The van der Waals surface area contributed by atoms with E-state index in [2.05, 4.69) is 30.5 Å². The molecule has 0 radical (unpaired) electrons. The van der Waals surface area contributed by atoms with Crippen molar-refractivity contribution < 1.29 is 4.74 Å². The molecule has 0 saturated heterocycles. The van der Waals surface area contributed by atoms with E-state index in [1.54, 1.807) is 0 Å². The molecule has 0 bridgehead atoms. The SMILES string of the molecule is CCOc1cccc(C(NN)C2(C)CCCCC2)c1. The summed E-state index contributed by atoms with van der Waals surface area (Å²) in [5, 5.41) is 0. The van der Waals surface area contributed by atoms with Gasteiger partial charge in [-0.1, -0.05) is 38.3 Å². The van der Waals surface area contributed by atoms with E-state index in [4.69, 9.17) is 10.6 Å². The third kappa shape index (κ3) is 3.28. The first-order chi connectivity index (χ1) is 9.19. The molecule has 106 valence electrons. The van der Waals surface area contributed by atoms with E-state index in [9.17, 15) is 0 Å². The molecule has 2 rings (SSSR count). The minimum absolute atomic E-state index is 0.202. The molecular weight excluding hydrogens is 236 g/mol. The van der Waals surface area contributed by atoms with Crippen LogP contribution in [0.5, 0.6) is 5.75 Å². The van der Waals surface area contributed by atoms with E-state index in [1.165, 1.54) is 37.7 Å². The molecule has 1 aliphatic carbocycles. The van der Waals surface area contributed by atoms with Crippen LogP contribution in [0.4, 0.5) is 0 Å². The van der Waals surface area contributed by atoms with Crippen LogP contribution in [0.1, 0.15) is 57.6 Å². The Kier molecular flexibility index (Phi) is 4.83. The van der Waals surface area contributed by atoms with Crippen molar-refractivity contribution in [1.29, 1.82) is 0 Å². The molecule has 0 amide bonds. The predicted molar refractivity (Wildman–Crippen MR) is 78.9 cm³/mol. The van der Waals surface area contributed by atoms with Gasteiger partial charge in [0.05, 0.1) is 12.6 Å². The number of nitrogens with one attached hydrogen (secondary N) is 1. The maximum Gasteiger partial charge on any atom is 0.119 e. The molecule has 1 aromatic carbocycles. The van der Waals surface area contributed by atoms with Gasteiger partial charge in [-0.2, -0.15) is 0 Å². The molecule has 3 heteroatoms. The van der Waals surface area contributed by atoms with Crippen molar-refractivity contribution in [3.05, 3.63) is 29.8 Å². The van der Waals surface area contributed by atoms with Crippen LogP contribution >= 0.6 is 0 Å². The van der Waals surface area contributed by atoms with Crippen molar-refractivity contribution in [2.45, 2.75) is 52.0 Å². The van der Waals surface area contributed by atoms with Crippen molar-refractivity contribution in [3.63, 3.8) is 0 Å². The minimum atomic E-state index is 0.202. The molecule has 19 heavy (non-hydrogen) atoms. The summed E-state index contributed by atoms with van der Waals surface area (Å²) in [6.07, 6.45) is 6.44. The molecule has 1 saturated carbocycles. The summed E-state index contributed by atoms with van der Waals surface area (Å²) in [4.78, 5) is 0. The Morgan fingerprint density at radius 2 is 2.05 bits per heavy atom. The van der Waals surface area contributed by atoms with E-state index in [1.807, 2.05) is 13.0 Å². The second kappa shape index (κ2) is 6.40. The molecule has 1 fully saturated rings. The summed E-state index contributed by atoms with van der Waals surface area (Å²) in [6, 6.07) is 8.52. The van der Waals surface area contributed by atoms with Gasteiger partial charge in [-0.3, -0.25) is 11.3 Å². The number of hydrogen-bond donors (Lipinski definition) is 2. The van der Waals surface area contributed by atoms with Gasteiger partial charge in [0.25, 0.3) is 0 Å². The van der Waals surface area contributed by atoms with Gasteiger partial charge in [0.1, 0.15) is 5.75 Å². The van der Waals surface area contributed by atoms with E-state index in [0.717, 1.165) is 5.75 Å². The molecule has 0 heterocycles. The van der Waals surface area contributed by atoms with Gasteiger partial charge >= 0.3 is 0 Å². The topological polar surface area (TPSA) is 47.3 Å². The lowest BCUT2D eigenvalue weighted by molar-refractivity contribution is 0.145. The lowest BCUT2D eigenvalue weighted by atomic mass is 9.69. The highest BCUT2D eigenvalue weighted by molar-refractivity contribution is 5.31. The third-order valence-electron chi connectivity index (χ3n) is 4.36. The van der Waals surface area contributed by atoms with Gasteiger partial charge < -0.3 is 4.74 Å². The molecule has 1 aromatic rings. The number of ether oxygens (including phenoxy) is 1. The first-order valence-corrected chi connectivity index (χ1v) is 7.38. The van der Waals surface area contributed by atoms with E-state index in [0.29, 0.717) is 6.61 Å². The van der Waals surface area contributed by atoms with Crippen molar-refractivity contribution in [2.75, 3.05) is 6.61 Å². The van der Waals surface area contributed by atoms with E-state index >= 15 is 0 Å². The summed E-state index contributed by atoms with van der Waals surface area (Å²) in [6.45, 7) is 5.05. The molecule has 1 atom stereocenters. The van der Waals surface area contributed by atoms with Crippen molar-refractivity contribution >= 4 is 0 Å². The monoisotopic (exact) mass is 262 g/mol. The van der Waals surface area contributed by atoms with Crippen LogP contribution in [0.2, 0.25) is 0 Å². The van der Waals surface area contributed by atoms with Gasteiger partial charge in [-0.05, 0) is 42.9 Å². The highest BCUT2D eigenvalue weighted by atomic mass is 16.5. The Morgan fingerprint density at radius 3 is 2.68 bits per heavy atom. The summed E-state index contributed by atoms with van der Waals surface area (Å²) < 4.78 is 5.59. The maximum atomic E-state index is 5.85. The summed E-state index contributed by atoms with van der Waals surface area (Å²) in [7, 11) is 0. The quantitative estimate of drug-likeness (QED) is 0.630. The fraction of sp³-hybridized carbons (Fsp3) is 0.625. The van der Waals surface area contributed by atoms with Gasteiger partial charge in [-0.15, -0.1) is 0 Å². The van der Waals surface area contributed by atoms with Crippen LogP contribution in [-0.2, 0) is 0 Å². The molecule has 0 spiro atoms. The zero-order chi connectivity index (χ0) is 13.7. The standard InChI is InChI=1S/C16H26N2O/c1-3-19-14-9-7-8-13(12-14)15(18-17)16(2)10-5-4-6-11-16/h7-9,12,15,18H,3-6,10-11,17H2,1-2H3.